The Morgan fingerprint density at radius 1 is 1.09 bits per heavy atom. The molecule has 0 bridgehead atoms. The highest BCUT2D eigenvalue weighted by atomic mass is 16.3. The second-order valence-corrected chi connectivity index (χ2v) is 8.36. The minimum Gasteiger partial charge on any atom is -0.508 e. The van der Waals surface area contributed by atoms with E-state index in [1.807, 2.05) is 6.08 Å². The molecule has 0 heterocycles. The highest BCUT2D eigenvalue weighted by Crippen LogP contribution is 2.64. The van der Waals surface area contributed by atoms with Crippen LogP contribution >= 0.6 is 0 Å². The summed E-state index contributed by atoms with van der Waals surface area (Å²) < 4.78 is 0. The van der Waals surface area contributed by atoms with E-state index in [9.17, 15) is 15.0 Å². The lowest BCUT2D eigenvalue weighted by Gasteiger charge is -2.56. The summed E-state index contributed by atoms with van der Waals surface area (Å²) in [6, 6.07) is 0. The van der Waals surface area contributed by atoms with Gasteiger partial charge in [-0.15, -0.1) is 0 Å². The van der Waals surface area contributed by atoms with Gasteiger partial charge in [0.1, 0.15) is 5.76 Å². The molecule has 0 aliphatic heterocycles. The number of hydrogen-bond acceptors (Lipinski definition) is 3. The van der Waals surface area contributed by atoms with Crippen molar-refractivity contribution < 1.29 is 15.0 Å². The molecule has 22 heavy (non-hydrogen) atoms. The van der Waals surface area contributed by atoms with Gasteiger partial charge in [0, 0.05) is 6.08 Å². The van der Waals surface area contributed by atoms with Crippen LogP contribution < -0.4 is 0 Å². The van der Waals surface area contributed by atoms with E-state index < -0.39 is 5.41 Å². The van der Waals surface area contributed by atoms with Crippen LogP contribution in [0.2, 0.25) is 0 Å². The molecular weight excluding hydrogens is 276 g/mol. The molecule has 120 valence electrons. The predicted molar refractivity (Wildman–Crippen MR) is 84.2 cm³/mol. The summed E-state index contributed by atoms with van der Waals surface area (Å²) in [5.41, 5.74) is 0.749. The van der Waals surface area contributed by atoms with Gasteiger partial charge in [0.25, 0.3) is 0 Å². The first-order valence-electron chi connectivity index (χ1n) is 8.71. The Bertz CT molecular complexity index is 589. The molecular formula is C19H26O3. The van der Waals surface area contributed by atoms with Crippen LogP contribution in [0.15, 0.2) is 23.5 Å². The molecule has 3 saturated carbocycles. The van der Waals surface area contributed by atoms with Crippen LogP contribution in [0, 0.1) is 28.6 Å². The van der Waals surface area contributed by atoms with Gasteiger partial charge in [-0.25, -0.2) is 0 Å². The van der Waals surface area contributed by atoms with Crippen LogP contribution in [-0.2, 0) is 4.79 Å². The smallest absolute Gasteiger partial charge is 0.169 e. The van der Waals surface area contributed by atoms with Crippen LogP contribution in [-0.4, -0.2) is 22.1 Å². The van der Waals surface area contributed by atoms with E-state index in [0.29, 0.717) is 17.8 Å². The molecule has 0 amide bonds. The van der Waals surface area contributed by atoms with E-state index in [4.69, 9.17) is 0 Å². The van der Waals surface area contributed by atoms with E-state index in [1.165, 1.54) is 6.08 Å². The number of carbonyl (C=O) groups excluding carboxylic acids is 1. The summed E-state index contributed by atoms with van der Waals surface area (Å²) in [7, 11) is 0. The van der Waals surface area contributed by atoms with Crippen molar-refractivity contribution in [1.82, 2.24) is 0 Å². The highest BCUT2D eigenvalue weighted by Gasteiger charge is 2.60. The number of allylic oxidation sites excluding steroid dienone is 3. The van der Waals surface area contributed by atoms with Gasteiger partial charge in [-0.2, -0.15) is 0 Å². The lowest BCUT2D eigenvalue weighted by atomic mass is 9.47. The lowest BCUT2D eigenvalue weighted by molar-refractivity contribution is -0.132. The van der Waals surface area contributed by atoms with Crippen LogP contribution in [0.1, 0.15) is 52.4 Å². The van der Waals surface area contributed by atoms with Gasteiger partial charge in [0.2, 0.25) is 0 Å². The molecule has 0 saturated heterocycles. The zero-order valence-corrected chi connectivity index (χ0v) is 13.5. The second-order valence-electron chi connectivity index (χ2n) is 8.36. The van der Waals surface area contributed by atoms with E-state index in [1.54, 1.807) is 0 Å². The molecule has 3 heteroatoms. The molecule has 0 aromatic heterocycles. The molecule has 0 radical (unpaired) electrons. The number of aliphatic hydroxyl groups excluding tert-OH is 2. The largest absolute Gasteiger partial charge is 0.508 e. The highest BCUT2D eigenvalue weighted by molar-refractivity contribution is 5.99. The maximum atomic E-state index is 12.7. The van der Waals surface area contributed by atoms with Crippen molar-refractivity contribution in [3.05, 3.63) is 23.5 Å². The quantitative estimate of drug-likeness (QED) is 0.719. The SMILES string of the molecule is CC12C(=O)C=C(O)C=C1CCC1C2CCC2(C)C(O)CCC12. The van der Waals surface area contributed by atoms with Crippen LogP contribution in [0.3, 0.4) is 0 Å². The summed E-state index contributed by atoms with van der Waals surface area (Å²) in [4.78, 5) is 12.7. The third-order valence-corrected chi connectivity index (χ3v) is 7.66. The first-order chi connectivity index (χ1) is 10.4. The maximum Gasteiger partial charge on any atom is 0.169 e. The molecule has 6 unspecified atom stereocenters. The van der Waals surface area contributed by atoms with Gasteiger partial charge in [-0.1, -0.05) is 12.5 Å². The predicted octanol–water partition coefficient (Wildman–Crippen LogP) is 3.54. The van der Waals surface area contributed by atoms with Crippen LogP contribution in [0.25, 0.3) is 0 Å². The van der Waals surface area contributed by atoms with Crippen molar-refractivity contribution in [3.8, 4) is 0 Å². The Kier molecular flexibility index (Phi) is 2.95. The monoisotopic (exact) mass is 302 g/mol. The minimum atomic E-state index is -0.427. The third-order valence-electron chi connectivity index (χ3n) is 7.66. The van der Waals surface area contributed by atoms with Crippen molar-refractivity contribution in [2.24, 2.45) is 28.6 Å². The zero-order chi connectivity index (χ0) is 15.7. The second kappa shape index (κ2) is 4.47. The Labute approximate surface area is 132 Å². The maximum absolute atomic E-state index is 12.7. The summed E-state index contributed by atoms with van der Waals surface area (Å²) in [5.74, 6) is 1.66. The molecule has 3 fully saturated rings. The average molecular weight is 302 g/mol. The average Bonchev–Trinajstić information content (AvgIpc) is 2.77. The molecule has 0 aromatic carbocycles. The van der Waals surface area contributed by atoms with Crippen molar-refractivity contribution in [1.29, 1.82) is 0 Å². The number of carbonyl (C=O) groups is 1. The molecule has 6 atom stereocenters. The number of aliphatic hydroxyl groups is 2. The first-order valence-corrected chi connectivity index (χ1v) is 8.71. The Hall–Kier alpha value is -1.09. The van der Waals surface area contributed by atoms with E-state index in [-0.39, 0.29) is 23.1 Å². The molecule has 3 nitrogen and oxygen atoms in total. The van der Waals surface area contributed by atoms with Crippen molar-refractivity contribution in [2.45, 2.75) is 58.5 Å². The van der Waals surface area contributed by atoms with E-state index in [2.05, 4.69) is 13.8 Å². The Morgan fingerprint density at radius 3 is 2.64 bits per heavy atom. The van der Waals surface area contributed by atoms with E-state index in [0.717, 1.165) is 44.1 Å². The van der Waals surface area contributed by atoms with Gasteiger partial charge in [0.15, 0.2) is 5.78 Å². The fourth-order valence-corrected chi connectivity index (χ4v) is 6.27. The minimum absolute atomic E-state index is 0.0500. The molecule has 4 aliphatic carbocycles. The normalized spacial score (nSPS) is 50.6. The van der Waals surface area contributed by atoms with Gasteiger partial charge in [0.05, 0.1) is 11.5 Å². The number of rotatable bonds is 0. The van der Waals surface area contributed by atoms with Gasteiger partial charge < -0.3 is 10.2 Å². The number of fused-ring (bicyclic) bond motifs is 5. The fraction of sp³-hybridized carbons (Fsp3) is 0.737. The standard InChI is InChI=1S/C19H26O3/c1-18-8-7-15-13(14(18)5-6-16(18)21)4-3-11-9-12(20)10-17(22)19(11,15)2/h9-10,13-16,20-21H,3-8H2,1-2H3. The van der Waals surface area contributed by atoms with Gasteiger partial charge >= 0.3 is 0 Å². The molecule has 0 aromatic rings. The molecule has 0 spiro atoms. The van der Waals surface area contributed by atoms with Crippen molar-refractivity contribution >= 4 is 5.78 Å². The van der Waals surface area contributed by atoms with Gasteiger partial charge in [-0.05, 0) is 74.7 Å². The lowest BCUT2D eigenvalue weighted by Crippen LogP contribution is -2.53. The topological polar surface area (TPSA) is 57.5 Å². The molecule has 4 aliphatic rings. The van der Waals surface area contributed by atoms with E-state index >= 15 is 0 Å². The summed E-state index contributed by atoms with van der Waals surface area (Å²) in [6.07, 6.45) is 9.13. The summed E-state index contributed by atoms with van der Waals surface area (Å²) in [5, 5.41) is 20.2. The fourth-order valence-electron chi connectivity index (χ4n) is 6.27. The van der Waals surface area contributed by atoms with Crippen molar-refractivity contribution in [2.75, 3.05) is 0 Å². The molecule has 4 rings (SSSR count). The summed E-state index contributed by atoms with van der Waals surface area (Å²) in [6.45, 7) is 4.35. The van der Waals surface area contributed by atoms with Crippen LogP contribution in [0.4, 0.5) is 0 Å². The third kappa shape index (κ3) is 1.63. The first kappa shape index (κ1) is 14.5. The number of ketones is 1. The van der Waals surface area contributed by atoms with Crippen LogP contribution in [0.5, 0.6) is 0 Å². The van der Waals surface area contributed by atoms with Gasteiger partial charge in [-0.3, -0.25) is 4.79 Å². The molecule has 2 N–H and O–H groups in total. The zero-order valence-electron chi connectivity index (χ0n) is 13.5. The number of hydrogen-bond donors (Lipinski definition) is 2. The van der Waals surface area contributed by atoms with Crippen molar-refractivity contribution in [3.63, 3.8) is 0 Å². The summed E-state index contributed by atoms with van der Waals surface area (Å²) >= 11 is 0. The Morgan fingerprint density at radius 2 is 1.86 bits per heavy atom. The Balaban J connectivity index is 1.73.